The van der Waals surface area contributed by atoms with Gasteiger partial charge in [-0.25, -0.2) is 4.79 Å². The molecule has 2 rings (SSSR count). The largest absolute Gasteiger partial charge is 0.494 e. The summed E-state index contributed by atoms with van der Waals surface area (Å²) in [5.41, 5.74) is 1.57. The van der Waals surface area contributed by atoms with Crippen molar-refractivity contribution in [3.63, 3.8) is 0 Å². The number of hydrogen-bond donors (Lipinski definition) is 2. The Morgan fingerprint density at radius 3 is 2.68 bits per heavy atom. The van der Waals surface area contributed by atoms with Crippen LogP contribution in [0.15, 0.2) is 48.5 Å². The van der Waals surface area contributed by atoms with Gasteiger partial charge in [-0.3, -0.25) is 0 Å². The molecule has 0 saturated heterocycles. The highest BCUT2D eigenvalue weighted by Crippen LogP contribution is 2.22. The van der Waals surface area contributed by atoms with E-state index < -0.39 is 0 Å². The summed E-state index contributed by atoms with van der Waals surface area (Å²) in [5, 5.41) is 6.21. The Morgan fingerprint density at radius 2 is 1.91 bits per heavy atom. The highest BCUT2D eigenvalue weighted by Gasteiger charge is 2.05. The number of anilines is 1. The van der Waals surface area contributed by atoms with E-state index in [2.05, 4.69) is 10.6 Å². The van der Waals surface area contributed by atoms with Crippen LogP contribution in [0.5, 0.6) is 5.75 Å². The van der Waals surface area contributed by atoms with Gasteiger partial charge in [0, 0.05) is 17.3 Å². The van der Waals surface area contributed by atoms with Crippen molar-refractivity contribution in [1.82, 2.24) is 5.32 Å². The maximum atomic E-state index is 11.8. The Morgan fingerprint density at radius 1 is 1.14 bits per heavy atom. The lowest BCUT2D eigenvalue weighted by Gasteiger charge is -2.11. The number of halogens is 1. The second-order valence-corrected chi connectivity index (χ2v) is 5.22. The number of nitrogens with one attached hydrogen (secondary N) is 2. The highest BCUT2D eigenvalue weighted by atomic mass is 35.5. The summed E-state index contributed by atoms with van der Waals surface area (Å²) in [4.78, 5) is 11.8. The molecule has 0 aliphatic rings. The summed E-state index contributed by atoms with van der Waals surface area (Å²) < 4.78 is 5.55. The Balaban J connectivity index is 1.67. The summed E-state index contributed by atoms with van der Waals surface area (Å²) in [6.07, 6.45) is 0.733. The summed E-state index contributed by atoms with van der Waals surface area (Å²) in [6.45, 7) is 2.96. The van der Waals surface area contributed by atoms with Crippen LogP contribution in [0.4, 0.5) is 10.5 Å². The van der Waals surface area contributed by atoms with Gasteiger partial charge < -0.3 is 15.4 Å². The predicted molar refractivity (Wildman–Crippen MR) is 89.8 cm³/mol. The molecule has 0 heterocycles. The minimum absolute atomic E-state index is 0.245. The molecule has 0 aliphatic heterocycles. The maximum absolute atomic E-state index is 11.8. The molecule has 0 aliphatic carbocycles. The summed E-state index contributed by atoms with van der Waals surface area (Å²) in [7, 11) is 0. The van der Waals surface area contributed by atoms with E-state index in [1.54, 1.807) is 12.1 Å². The Hall–Kier alpha value is -2.20. The minimum atomic E-state index is -0.245. The molecule has 0 aromatic heterocycles. The minimum Gasteiger partial charge on any atom is -0.494 e. The van der Waals surface area contributed by atoms with Crippen LogP contribution in [0.3, 0.4) is 0 Å². The quantitative estimate of drug-likeness (QED) is 0.783. The van der Waals surface area contributed by atoms with E-state index >= 15 is 0 Å². The topological polar surface area (TPSA) is 50.4 Å². The van der Waals surface area contributed by atoms with Crippen molar-refractivity contribution < 1.29 is 9.53 Å². The first-order valence-electron chi connectivity index (χ1n) is 7.14. The molecule has 0 spiro atoms. The third-order valence-electron chi connectivity index (χ3n) is 3.13. The van der Waals surface area contributed by atoms with E-state index in [9.17, 15) is 4.79 Å². The van der Waals surface area contributed by atoms with E-state index in [0.717, 1.165) is 17.7 Å². The van der Waals surface area contributed by atoms with E-state index in [0.29, 0.717) is 23.9 Å². The van der Waals surface area contributed by atoms with Crippen LogP contribution in [-0.4, -0.2) is 19.2 Å². The van der Waals surface area contributed by atoms with Crippen molar-refractivity contribution in [2.24, 2.45) is 0 Å². The number of para-hydroxylation sites is 1. The molecule has 0 fully saturated rings. The number of benzene rings is 2. The van der Waals surface area contributed by atoms with Gasteiger partial charge in [-0.2, -0.15) is 0 Å². The van der Waals surface area contributed by atoms with Crippen LogP contribution in [0.25, 0.3) is 0 Å². The van der Waals surface area contributed by atoms with Gasteiger partial charge in [0.15, 0.2) is 0 Å². The maximum Gasteiger partial charge on any atom is 0.319 e. The fourth-order valence-electron chi connectivity index (χ4n) is 1.89. The Bertz CT molecular complexity index is 617. The van der Waals surface area contributed by atoms with Gasteiger partial charge in [0.2, 0.25) is 0 Å². The third kappa shape index (κ3) is 4.97. The zero-order valence-electron chi connectivity index (χ0n) is 12.4. The van der Waals surface area contributed by atoms with Gasteiger partial charge in [0.25, 0.3) is 0 Å². The fourth-order valence-corrected chi connectivity index (χ4v) is 2.06. The summed E-state index contributed by atoms with van der Waals surface area (Å²) in [6, 6.07) is 14.8. The molecule has 2 amide bonds. The van der Waals surface area contributed by atoms with Crippen LogP contribution >= 0.6 is 11.6 Å². The van der Waals surface area contributed by atoms with Gasteiger partial charge in [0.05, 0.1) is 6.61 Å². The molecule has 4 nitrogen and oxygen atoms in total. The molecule has 0 bridgehead atoms. The van der Waals surface area contributed by atoms with Gasteiger partial charge in [0.1, 0.15) is 5.75 Å². The summed E-state index contributed by atoms with van der Waals surface area (Å²) in [5.74, 6) is 0.835. The van der Waals surface area contributed by atoms with Crippen LogP contribution in [0, 0.1) is 6.92 Å². The lowest BCUT2D eigenvalue weighted by atomic mass is 10.2. The smallest absolute Gasteiger partial charge is 0.319 e. The van der Waals surface area contributed by atoms with Gasteiger partial charge in [-0.1, -0.05) is 35.9 Å². The van der Waals surface area contributed by atoms with E-state index in [1.165, 1.54) is 0 Å². The van der Waals surface area contributed by atoms with Crippen molar-refractivity contribution in [3.8, 4) is 5.75 Å². The van der Waals surface area contributed by atoms with Crippen molar-refractivity contribution in [2.45, 2.75) is 13.3 Å². The average Bonchev–Trinajstić information content (AvgIpc) is 2.52. The van der Waals surface area contributed by atoms with Crippen molar-refractivity contribution in [1.29, 1.82) is 0 Å². The molecule has 2 aromatic carbocycles. The number of amides is 2. The third-order valence-corrected chi connectivity index (χ3v) is 3.54. The van der Waals surface area contributed by atoms with Gasteiger partial charge in [-0.05, 0) is 43.2 Å². The number of hydrogen-bond acceptors (Lipinski definition) is 2. The number of carbonyl (C=O) groups is 1. The van der Waals surface area contributed by atoms with Crippen LogP contribution < -0.4 is 15.4 Å². The lowest BCUT2D eigenvalue weighted by molar-refractivity contribution is 0.250. The van der Waals surface area contributed by atoms with E-state index in [4.69, 9.17) is 16.3 Å². The normalized spacial score (nSPS) is 10.1. The first-order chi connectivity index (χ1) is 10.7. The van der Waals surface area contributed by atoms with E-state index in [-0.39, 0.29) is 6.03 Å². The molecular weight excluding hydrogens is 300 g/mol. The Kier molecular flexibility index (Phi) is 6.10. The van der Waals surface area contributed by atoms with Crippen LogP contribution in [0.2, 0.25) is 5.02 Å². The SMILES string of the molecule is Cc1c(Cl)cccc1NC(=O)NCCCOc1ccccc1. The number of rotatable bonds is 6. The van der Waals surface area contributed by atoms with Crippen LogP contribution in [-0.2, 0) is 0 Å². The molecule has 5 heteroatoms. The molecule has 2 N–H and O–H groups in total. The van der Waals surface area contributed by atoms with Crippen molar-refractivity contribution >= 4 is 23.3 Å². The summed E-state index contributed by atoms with van der Waals surface area (Å²) >= 11 is 6.01. The second kappa shape index (κ2) is 8.29. The van der Waals surface area contributed by atoms with Crippen molar-refractivity contribution in [2.75, 3.05) is 18.5 Å². The molecule has 0 radical (unpaired) electrons. The number of ether oxygens (including phenoxy) is 1. The molecule has 0 unspecified atom stereocenters. The molecule has 2 aromatic rings. The fraction of sp³-hybridized carbons (Fsp3) is 0.235. The standard InChI is InChI=1S/C17H19ClN2O2/c1-13-15(18)9-5-10-16(13)20-17(21)19-11-6-12-22-14-7-3-2-4-8-14/h2-5,7-10H,6,11-12H2,1H3,(H2,19,20,21). The molecule has 116 valence electrons. The van der Waals surface area contributed by atoms with Crippen LogP contribution in [0.1, 0.15) is 12.0 Å². The first-order valence-corrected chi connectivity index (χ1v) is 7.52. The lowest BCUT2D eigenvalue weighted by Crippen LogP contribution is -2.30. The average molecular weight is 319 g/mol. The van der Waals surface area contributed by atoms with Gasteiger partial charge >= 0.3 is 6.03 Å². The zero-order valence-corrected chi connectivity index (χ0v) is 13.2. The highest BCUT2D eigenvalue weighted by molar-refractivity contribution is 6.31. The van der Waals surface area contributed by atoms with E-state index in [1.807, 2.05) is 43.3 Å². The Labute approximate surface area is 135 Å². The number of carbonyl (C=O) groups excluding carboxylic acids is 1. The predicted octanol–water partition coefficient (Wildman–Crippen LogP) is 4.24. The second-order valence-electron chi connectivity index (χ2n) is 4.81. The van der Waals surface area contributed by atoms with Crippen molar-refractivity contribution in [3.05, 3.63) is 59.1 Å². The molecule has 0 saturated carbocycles. The molecule has 0 atom stereocenters. The monoisotopic (exact) mass is 318 g/mol. The first kappa shape index (κ1) is 16.2. The molecule has 22 heavy (non-hydrogen) atoms. The zero-order chi connectivity index (χ0) is 15.8. The molecular formula is C17H19ClN2O2. The number of urea groups is 1. The van der Waals surface area contributed by atoms with Gasteiger partial charge in [-0.15, -0.1) is 0 Å².